The summed E-state index contributed by atoms with van der Waals surface area (Å²) in [6.07, 6.45) is -4.29. The number of hydrogen-bond donors (Lipinski definition) is 1. The highest BCUT2D eigenvalue weighted by molar-refractivity contribution is 6.41. The number of amides is 1. The molecule has 12 heteroatoms. The number of nitrogens with one attached hydrogen (secondary N) is 1. The highest BCUT2D eigenvalue weighted by Gasteiger charge is 2.49. The summed E-state index contributed by atoms with van der Waals surface area (Å²) in [5.74, 6) is -8.52. The number of anilines is 1. The van der Waals surface area contributed by atoms with Crippen LogP contribution in [0.2, 0.25) is 10.2 Å². The molecular weight excluding hydrogens is 333 g/mol. The van der Waals surface area contributed by atoms with Gasteiger partial charge in [-0.1, -0.05) is 23.2 Å². The average molecular weight is 336 g/mol. The van der Waals surface area contributed by atoms with Crippen molar-refractivity contribution in [2.75, 3.05) is 5.32 Å². The number of alkyl halides is 4. The maximum absolute atomic E-state index is 12.7. The lowest BCUT2D eigenvalue weighted by atomic mass is 10.3. The van der Waals surface area contributed by atoms with E-state index in [1.807, 2.05) is 0 Å². The zero-order chi connectivity index (χ0) is 15.7. The van der Waals surface area contributed by atoms with Gasteiger partial charge in [-0.15, -0.1) is 0 Å². The molecule has 0 saturated heterocycles. The molecule has 0 aliphatic heterocycles. The van der Waals surface area contributed by atoms with Gasteiger partial charge in [0.05, 0.1) is 9.95 Å². The van der Waals surface area contributed by atoms with E-state index >= 15 is 0 Å². The molecule has 0 unspecified atom stereocenters. The van der Waals surface area contributed by atoms with Crippen LogP contribution in [0.5, 0.6) is 0 Å². The summed E-state index contributed by atoms with van der Waals surface area (Å²) in [5, 5.41) is 10.9. The van der Waals surface area contributed by atoms with Crippen LogP contribution >= 0.6 is 23.2 Å². The van der Waals surface area contributed by atoms with Gasteiger partial charge in [-0.05, 0) is 0 Å². The molecule has 0 spiro atoms. The molecule has 1 aromatic heterocycles. The van der Waals surface area contributed by atoms with Crippen molar-refractivity contribution >= 4 is 40.6 Å². The highest BCUT2D eigenvalue weighted by Crippen LogP contribution is 2.32. The molecule has 0 atom stereocenters. The number of aromatic nitrogens is 1. The molecule has 1 amide bonds. The largest absolute Gasteiger partial charge is 0.383 e. The van der Waals surface area contributed by atoms with Crippen molar-refractivity contribution in [1.29, 1.82) is 0 Å². The fourth-order valence-electron chi connectivity index (χ4n) is 0.978. The number of hydrogen-bond acceptors (Lipinski definition) is 4. The lowest BCUT2D eigenvalue weighted by Crippen LogP contribution is -2.41. The van der Waals surface area contributed by atoms with Gasteiger partial charge >= 0.3 is 23.9 Å². The molecule has 0 bridgehead atoms. The fraction of sp³-hybridized carbons (Fsp3) is 0.250. The van der Waals surface area contributed by atoms with Gasteiger partial charge in [0.1, 0.15) is 0 Å². The van der Waals surface area contributed by atoms with Crippen LogP contribution in [0.4, 0.5) is 29.1 Å². The Labute approximate surface area is 117 Å². The predicted molar refractivity (Wildman–Crippen MR) is 60.5 cm³/mol. The Morgan fingerprint density at radius 2 is 2.00 bits per heavy atom. The standard InChI is InChI=1S/C8H3Cl2F4N3O3/c9-2-1-3(17(19)20)5(15-4(2)10)16-7(18)8(13,14)6(11)12/h1,6H,(H,15,16,18). The monoisotopic (exact) mass is 335 g/mol. The van der Waals surface area contributed by atoms with Gasteiger partial charge in [0.2, 0.25) is 5.82 Å². The van der Waals surface area contributed by atoms with E-state index in [1.54, 1.807) is 0 Å². The minimum Gasteiger partial charge on any atom is -0.299 e. The quantitative estimate of drug-likeness (QED) is 0.396. The van der Waals surface area contributed by atoms with Crippen molar-refractivity contribution in [1.82, 2.24) is 4.98 Å². The van der Waals surface area contributed by atoms with E-state index in [-0.39, 0.29) is 5.02 Å². The third-order valence-corrected chi connectivity index (χ3v) is 2.59. The second-order valence-corrected chi connectivity index (χ2v) is 4.03. The van der Waals surface area contributed by atoms with Crippen LogP contribution in [0.15, 0.2) is 6.07 Å². The average Bonchev–Trinajstić information content (AvgIpc) is 2.32. The van der Waals surface area contributed by atoms with E-state index < -0.39 is 39.8 Å². The van der Waals surface area contributed by atoms with Crippen LogP contribution in [0, 0.1) is 10.1 Å². The number of nitrogens with zero attached hydrogens (tertiary/aromatic N) is 2. The molecule has 1 heterocycles. The first-order valence-electron chi connectivity index (χ1n) is 4.55. The maximum Gasteiger partial charge on any atom is 0.383 e. The van der Waals surface area contributed by atoms with E-state index in [0.717, 1.165) is 0 Å². The molecule has 0 fully saturated rings. The zero-order valence-corrected chi connectivity index (χ0v) is 10.6. The third-order valence-electron chi connectivity index (χ3n) is 1.92. The summed E-state index contributed by atoms with van der Waals surface area (Å²) < 4.78 is 49.4. The van der Waals surface area contributed by atoms with Gasteiger partial charge in [0.25, 0.3) is 0 Å². The normalized spacial score (nSPS) is 11.6. The lowest BCUT2D eigenvalue weighted by Gasteiger charge is -2.14. The molecule has 20 heavy (non-hydrogen) atoms. The SMILES string of the molecule is O=C(Nc1nc(Cl)c(Cl)cc1[N+](=O)[O-])C(F)(F)C(F)F. The molecule has 1 N–H and O–H groups in total. The van der Waals surface area contributed by atoms with Crippen molar-refractivity contribution in [3.8, 4) is 0 Å². The molecule has 1 rings (SSSR count). The number of carbonyl (C=O) groups is 1. The first-order valence-corrected chi connectivity index (χ1v) is 5.30. The summed E-state index contributed by atoms with van der Waals surface area (Å²) in [6, 6.07) is 0.632. The van der Waals surface area contributed by atoms with Crippen molar-refractivity contribution < 1.29 is 27.3 Å². The second-order valence-electron chi connectivity index (χ2n) is 3.26. The second kappa shape index (κ2) is 5.75. The van der Waals surface area contributed by atoms with Crippen molar-refractivity contribution in [2.45, 2.75) is 12.3 Å². The van der Waals surface area contributed by atoms with E-state index in [2.05, 4.69) is 4.98 Å². The molecule has 1 aromatic rings. The molecule has 110 valence electrons. The molecule has 0 aromatic carbocycles. The first-order chi connectivity index (χ1) is 9.07. The molecule has 6 nitrogen and oxygen atoms in total. The van der Waals surface area contributed by atoms with Gasteiger partial charge in [-0.25, -0.2) is 13.8 Å². The Kier molecular flexibility index (Phi) is 4.71. The Bertz CT molecular complexity index is 570. The van der Waals surface area contributed by atoms with Crippen LogP contribution in [0.25, 0.3) is 0 Å². The van der Waals surface area contributed by atoms with E-state index in [9.17, 15) is 32.5 Å². The lowest BCUT2D eigenvalue weighted by molar-refractivity contribution is -0.384. The van der Waals surface area contributed by atoms with Gasteiger partial charge in [-0.3, -0.25) is 20.2 Å². The van der Waals surface area contributed by atoms with E-state index in [4.69, 9.17) is 23.2 Å². The molecule has 0 radical (unpaired) electrons. The van der Waals surface area contributed by atoms with Crippen LogP contribution in [-0.4, -0.2) is 28.2 Å². The minimum atomic E-state index is -5.04. The Balaban J connectivity index is 3.18. The van der Waals surface area contributed by atoms with Crippen molar-refractivity contribution in [3.63, 3.8) is 0 Å². The van der Waals surface area contributed by atoms with Gasteiger partial charge in [-0.2, -0.15) is 8.78 Å². The van der Waals surface area contributed by atoms with Crippen LogP contribution in [0.1, 0.15) is 0 Å². The van der Waals surface area contributed by atoms with Gasteiger partial charge in [0, 0.05) is 6.07 Å². The fourth-order valence-corrected chi connectivity index (χ4v) is 1.26. The number of rotatable bonds is 4. The summed E-state index contributed by atoms with van der Waals surface area (Å²) in [5.41, 5.74) is -0.974. The summed E-state index contributed by atoms with van der Waals surface area (Å²) in [4.78, 5) is 23.7. The molecule has 0 aliphatic carbocycles. The molecule has 0 aliphatic rings. The Morgan fingerprint density at radius 3 is 2.45 bits per heavy atom. The van der Waals surface area contributed by atoms with E-state index in [1.165, 1.54) is 5.32 Å². The summed E-state index contributed by atoms with van der Waals surface area (Å²) in [7, 11) is 0. The number of halogens is 6. The molecular formula is C8H3Cl2F4N3O3. The predicted octanol–water partition coefficient (Wildman–Crippen LogP) is 3.14. The number of carbonyl (C=O) groups excluding carboxylic acids is 1. The van der Waals surface area contributed by atoms with E-state index in [0.29, 0.717) is 6.07 Å². The van der Waals surface area contributed by atoms with Crippen molar-refractivity contribution in [2.24, 2.45) is 0 Å². The topological polar surface area (TPSA) is 85.1 Å². The zero-order valence-electron chi connectivity index (χ0n) is 9.04. The van der Waals surface area contributed by atoms with Crippen LogP contribution in [-0.2, 0) is 4.79 Å². The number of pyridine rings is 1. The minimum absolute atomic E-state index is 0.378. The summed E-state index contributed by atoms with van der Waals surface area (Å²) >= 11 is 10.8. The van der Waals surface area contributed by atoms with Gasteiger partial charge < -0.3 is 0 Å². The molecule has 0 saturated carbocycles. The number of nitro groups is 1. The summed E-state index contributed by atoms with van der Waals surface area (Å²) in [6.45, 7) is 0. The highest BCUT2D eigenvalue weighted by atomic mass is 35.5. The Hall–Kier alpha value is -1.68. The Morgan fingerprint density at radius 1 is 1.45 bits per heavy atom. The van der Waals surface area contributed by atoms with Crippen LogP contribution in [0.3, 0.4) is 0 Å². The van der Waals surface area contributed by atoms with Crippen molar-refractivity contribution in [3.05, 3.63) is 26.4 Å². The van der Waals surface area contributed by atoms with Crippen LogP contribution < -0.4 is 5.32 Å². The smallest absolute Gasteiger partial charge is 0.299 e. The first kappa shape index (κ1) is 16.4. The maximum atomic E-state index is 12.7. The third kappa shape index (κ3) is 3.25. The van der Waals surface area contributed by atoms with Gasteiger partial charge in [0.15, 0.2) is 5.15 Å².